The molecule has 3 nitrogen and oxygen atoms in total. The molecule has 2 rings (SSSR count). The Kier molecular flexibility index (Phi) is 0.990. The Morgan fingerprint density at radius 2 is 2.44 bits per heavy atom. The molecule has 0 saturated carbocycles. The summed E-state index contributed by atoms with van der Waals surface area (Å²) in [4.78, 5) is 10.7. The summed E-state index contributed by atoms with van der Waals surface area (Å²) in [5.74, 6) is 0.190. The summed E-state index contributed by atoms with van der Waals surface area (Å²) in [6.07, 6.45) is 0.765. The van der Waals surface area contributed by atoms with Crippen LogP contribution in [-0.2, 0) is 14.3 Å². The molecule has 0 aromatic rings. The molecule has 0 unspecified atom stereocenters. The van der Waals surface area contributed by atoms with Crippen molar-refractivity contribution in [1.29, 1.82) is 0 Å². The molecule has 2 atom stereocenters. The van der Waals surface area contributed by atoms with Crippen molar-refractivity contribution in [3.05, 3.63) is 0 Å². The fraction of sp³-hybridized carbons (Fsp3) is 0.833. The minimum atomic E-state index is -0.218. The number of carbonyl (C=O) groups is 1. The van der Waals surface area contributed by atoms with Gasteiger partial charge in [-0.25, -0.2) is 4.79 Å². The van der Waals surface area contributed by atoms with Gasteiger partial charge in [-0.05, 0) is 6.42 Å². The SMILES string of the molecule is O=C1OC[C@H]2CCO[C@@H]12. The standard InChI is InChI=1S/C6H8O3/c7-6-5-4(3-9-6)1-2-8-5/h4-5H,1-3H2/t4-,5-/m1/s1. The molecule has 2 saturated heterocycles. The summed E-state index contributed by atoms with van der Waals surface area (Å²) in [6.45, 7) is 1.30. The molecule has 0 bridgehead atoms. The number of fused-ring (bicyclic) bond motifs is 1. The number of carbonyl (C=O) groups excluding carboxylic acids is 1. The first-order chi connectivity index (χ1) is 4.38. The molecule has 3 heteroatoms. The zero-order chi connectivity index (χ0) is 6.27. The third-order valence-corrected chi connectivity index (χ3v) is 1.89. The molecule has 0 aliphatic carbocycles. The van der Waals surface area contributed by atoms with E-state index >= 15 is 0 Å². The third kappa shape index (κ3) is 0.645. The normalized spacial score (nSPS) is 40.7. The van der Waals surface area contributed by atoms with E-state index in [2.05, 4.69) is 0 Å². The molecular weight excluding hydrogens is 120 g/mol. The van der Waals surface area contributed by atoms with E-state index in [0.717, 1.165) is 13.0 Å². The van der Waals surface area contributed by atoms with Gasteiger partial charge in [-0.1, -0.05) is 0 Å². The van der Waals surface area contributed by atoms with Crippen LogP contribution < -0.4 is 0 Å². The van der Waals surface area contributed by atoms with Gasteiger partial charge in [-0.3, -0.25) is 0 Å². The number of rotatable bonds is 0. The minimum Gasteiger partial charge on any atom is -0.463 e. The predicted octanol–water partition coefficient (Wildman–Crippen LogP) is -0.0517. The number of hydrogen-bond donors (Lipinski definition) is 0. The second kappa shape index (κ2) is 1.70. The van der Waals surface area contributed by atoms with Gasteiger partial charge in [0.25, 0.3) is 0 Å². The first-order valence-corrected chi connectivity index (χ1v) is 3.16. The molecule has 2 fully saturated rings. The van der Waals surface area contributed by atoms with E-state index in [1.807, 2.05) is 0 Å². The molecule has 0 aromatic carbocycles. The molecule has 50 valence electrons. The van der Waals surface area contributed by atoms with Crippen LogP contribution in [0.5, 0.6) is 0 Å². The highest BCUT2D eigenvalue weighted by molar-refractivity contribution is 5.77. The Hall–Kier alpha value is -0.570. The lowest BCUT2D eigenvalue weighted by molar-refractivity contribution is -0.146. The maximum Gasteiger partial charge on any atom is 0.335 e. The van der Waals surface area contributed by atoms with E-state index in [9.17, 15) is 4.79 Å². The quantitative estimate of drug-likeness (QED) is 0.429. The Bertz CT molecular complexity index is 143. The van der Waals surface area contributed by atoms with Crippen molar-refractivity contribution >= 4 is 5.97 Å². The lowest BCUT2D eigenvalue weighted by atomic mass is 10.1. The van der Waals surface area contributed by atoms with Crippen molar-refractivity contribution in [3.8, 4) is 0 Å². The topological polar surface area (TPSA) is 35.5 Å². The Labute approximate surface area is 52.9 Å². The third-order valence-electron chi connectivity index (χ3n) is 1.89. The van der Waals surface area contributed by atoms with Crippen LogP contribution in [0.4, 0.5) is 0 Å². The van der Waals surface area contributed by atoms with Crippen molar-refractivity contribution in [2.45, 2.75) is 12.5 Å². The van der Waals surface area contributed by atoms with Gasteiger partial charge in [-0.2, -0.15) is 0 Å². The molecular formula is C6H8O3. The molecule has 0 amide bonds. The van der Waals surface area contributed by atoms with E-state index in [-0.39, 0.29) is 12.1 Å². The van der Waals surface area contributed by atoms with Gasteiger partial charge in [0.05, 0.1) is 6.61 Å². The lowest BCUT2D eigenvalue weighted by Gasteiger charge is -1.98. The van der Waals surface area contributed by atoms with Gasteiger partial charge >= 0.3 is 5.97 Å². The van der Waals surface area contributed by atoms with Gasteiger partial charge in [0.1, 0.15) is 0 Å². The van der Waals surface area contributed by atoms with Crippen LogP contribution in [0.15, 0.2) is 0 Å². The Morgan fingerprint density at radius 1 is 1.56 bits per heavy atom. The zero-order valence-corrected chi connectivity index (χ0v) is 5.00. The molecule has 0 N–H and O–H groups in total. The largest absolute Gasteiger partial charge is 0.463 e. The van der Waals surface area contributed by atoms with E-state index < -0.39 is 0 Å². The molecule has 2 aliphatic heterocycles. The molecule has 0 aromatic heterocycles. The average molecular weight is 128 g/mol. The molecule has 2 heterocycles. The van der Waals surface area contributed by atoms with Crippen LogP contribution in [0.2, 0.25) is 0 Å². The zero-order valence-electron chi connectivity index (χ0n) is 5.00. The lowest BCUT2D eigenvalue weighted by Crippen LogP contribution is -2.17. The number of cyclic esters (lactones) is 1. The summed E-state index contributed by atoms with van der Waals surface area (Å²) < 4.78 is 9.87. The van der Waals surface area contributed by atoms with Gasteiger partial charge in [0.15, 0.2) is 6.10 Å². The highest BCUT2D eigenvalue weighted by atomic mass is 16.6. The Morgan fingerprint density at radius 3 is 3.22 bits per heavy atom. The van der Waals surface area contributed by atoms with Crippen LogP contribution >= 0.6 is 0 Å². The second-order valence-corrected chi connectivity index (χ2v) is 2.47. The van der Waals surface area contributed by atoms with Crippen LogP contribution in [0.1, 0.15) is 6.42 Å². The average Bonchev–Trinajstić information content (AvgIpc) is 2.35. The molecule has 9 heavy (non-hydrogen) atoms. The second-order valence-electron chi connectivity index (χ2n) is 2.47. The Balaban J connectivity index is 2.15. The first-order valence-electron chi connectivity index (χ1n) is 3.16. The number of ether oxygens (including phenoxy) is 2. The van der Waals surface area contributed by atoms with Crippen molar-refractivity contribution in [3.63, 3.8) is 0 Å². The van der Waals surface area contributed by atoms with Gasteiger partial charge in [0, 0.05) is 12.5 Å². The fourth-order valence-corrected chi connectivity index (χ4v) is 1.34. The predicted molar refractivity (Wildman–Crippen MR) is 28.8 cm³/mol. The fourth-order valence-electron chi connectivity index (χ4n) is 1.34. The highest BCUT2D eigenvalue weighted by Gasteiger charge is 2.41. The van der Waals surface area contributed by atoms with E-state index in [0.29, 0.717) is 12.5 Å². The first kappa shape index (κ1) is 5.23. The summed E-state index contributed by atoms with van der Waals surface area (Å²) >= 11 is 0. The van der Waals surface area contributed by atoms with Gasteiger partial charge in [0.2, 0.25) is 0 Å². The van der Waals surface area contributed by atoms with Crippen molar-refractivity contribution < 1.29 is 14.3 Å². The van der Waals surface area contributed by atoms with Crippen molar-refractivity contribution in [2.24, 2.45) is 5.92 Å². The maximum atomic E-state index is 10.7. The van der Waals surface area contributed by atoms with Crippen LogP contribution in [0.25, 0.3) is 0 Å². The number of esters is 1. The molecule has 0 spiro atoms. The summed E-state index contributed by atoms with van der Waals surface area (Å²) in [5.41, 5.74) is 0. The minimum absolute atomic E-state index is 0.169. The van der Waals surface area contributed by atoms with Crippen molar-refractivity contribution in [1.82, 2.24) is 0 Å². The summed E-state index contributed by atoms with van der Waals surface area (Å²) in [7, 11) is 0. The van der Waals surface area contributed by atoms with Gasteiger partial charge in [-0.15, -0.1) is 0 Å². The highest BCUT2D eigenvalue weighted by Crippen LogP contribution is 2.27. The molecule has 2 aliphatic rings. The van der Waals surface area contributed by atoms with Gasteiger partial charge < -0.3 is 9.47 Å². The van der Waals surface area contributed by atoms with E-state index in [1.54, 1.807) is 0 Å². The smallest absolute Gasteiger partial charge is 0.335 e. The van der Waals surface area contributed by atoms with Crippen LogP contribution in [0, 0.1) is 5.92 Å². The van der Waals surface area contributed by atoms with E-state index in [1.165, 1.54) is 0 Å². The number of hydrogen-bond acceptors (Lipinski definition) is 3. The summed E-state index contributed by atoms with van der Waals surface area (Å²) in [5, 5.41) is 0. The van der Waals surface area contributed by atoms with Crippen molar-refractivity contribution in [2.75, 3.05) is 13.2 Å². The van der Waals surface area contributed by atoms with Crippen LogP contribution in [-0.4, -0.2) is 25.3 Å². The van der Waals surface area contributed by atoms with E-state index in [4.69, 9.17) is 9.47 Å². The maximum absolute atomic E-state index is 10.7. The monoisotopic (exact) mass is 128 g/mol. The summed E-state index contributed by atoms with van der Waals surface area (Å²) in [6, 6.07) is 0. The molecule has 0 radical (unpaired) electrons. The van der Waals surface area contributed by atoms with Crippen LogP contribution in [0.3, 0.4) is 0 Å².